The Labute approximate surface area is 66.1 Å². The number of carbonyl (C=O) groups is 1. The van der Waals surface area contributed by atoms with Gasteiger partial charge in [0.1, 0.15) is 9.84 Å². The van der Waals surface area contributed by atoms with E-state index in [-0.39, 0.29) is 24.3 Å². The van der Waals surface area contributed by atoms with Gasteiger partial charge >= 0.3 is 5.97 Å². The van der Waals surface area contributed by atoms with E-state index in [1.807, 2.05) is 0 Å². The summed E-state index contributed by atoms with van der Waals surface area (Å²) in [5, 5.41) is 8.19. The number of carboxylic acid groups (broad SMARTS) is 1. The van der Waals surface area contributed by atoms with Crippen molar-refractivity contribution in [1.82, 2.24) is 0 Å². The lowest BCUT2D eigenvalue weighted by atomic mass is 10.3. The maximum absolute atomic E-state index is 10.8. The van der Waals surface area contributed by atoms with Gasteiger partial charge in [0, 0.05) is 12.2 Å². The Morgan fingerprint density at radius 3 is 2.36 bits per heavy atom. The normalized spacial score (nSPS) is 11.4. The maximum Gasteiger partial charge on any atom is 0.303 e. The molecular formula is C6H12O4S. The lowest BCUT2D eigenvalue weighted by molar-refractivity contribution is -0.137. The van der Waals surface area contributed by atoms with Crippen molar-refractivity contribution in [1.29, 1.82) is 0 Å². The molecule has 11 heavy (non-hydrogen) atoms. The van der Waals surface area contributed by atoms with Crippen LogP contribution < -0.4 is 0 Å². The average Bonchev–Trinajstić information content (AvgIpc) is 1.87. The van der Waals surface area contributed by atoms with Crippen LogP contribution in [0.4, 0.5) is 0 Å². The van der Waals surface area contributed by atoms with Gasteiger partial charge in [0.15, 0.2) is 0 Å². The highest BCUT2D eigenvalue weighted by Crippen LogP contribution is 1.96. The van der Waals surface area contributed by atoms with Crippen LogP contribution >= 0.6 is 0 Å². The summed E-state index contributed by atoms with van der Waals surface area (Å²) < 4.78 is 21.6. The summed E-state index contributed by atoms with van der Waals surface area (Å²) in [6, 6.07) is 0. The molecule has 0 unspecified atom stereocenters. The molecule has 0 atom stereocenters. The minimum absolute atomic E-state index is 0.0181. The number of aliphatic carboxylic acids is 1. The fourth-order valence-corrected chi connectivity index (χ4v) is 1.46. The van der Waals surface area contributed by atoms with Crippen molar-refractivity contribution in [3.8, 4) is 0 Å². The van der Waals surface area contributed by atoms with Gasteiger partial charge in [-0.3, -0.25) is 4.79 Å². The van der Waals surface area contributed by atoms with Crippen molar-refractivity contribution < 1.29 is 18.3 Å². The Hall–Kier alpha value is -0.580. The highest BCUT2D eigenvalue weighted by atomic mass is 32.2. The maximum atomic E-state index is 10.8. The van der Waals surface area contributed by atoms with Crippen molar-refractivity contribution in [2.24, 2.45) is 0 Å². The number of carboxylic acids is 1. The highest BCUT2D eigenvalue weighted by molar-refractivity contribution is 7.91. The fraction of sp³-hybridized carbons (Fsp3) is 0.833. The summed E-state index contributed by atoms with van der Waals surface area (Å²) in [5.74, 6) is -0.876. The molecule has 0 aromatic carbocycles. The van der Waals surface area contributed by atoms with Crippen LogP contribution in [0.2, 0.25) is 0 Å². The first-order valence-corrected chi connectivity index (χ1v) is 5.22. The van der Waals surface area contributed by atoms with E-state index < -0.39 is 15.8 Å². The molecule has 1 N–H and O–H groups in total. The van der Waals surface area contributed by atoms with E-state index in [0.717, 1.165) is 0 Å². The molecule has 4 nitrogen and oxygen atoms in total. The van der Waals surface area contributed by atoms with Crippen LogP contribution in [0.1, 0.15) is 19.8 Å². The first-order valence-electron chi connectivity index (χ1n) is 3.40. The molecule has 0 aliphatic rings. The number of rotatable bonds is 5. The zero-order valence-corrected chi connectivity index (χ0v) is 7.23. The zero-order valence-electron chi connectivity index (χ0n) is 6.41. The molecular weight excluding hydrogens is 168 g/mol. The summed E-state index contributed by atoms with van der Waals surface area (Å²) >= 11 is 0. The van der Waals surface area contributed by atoms with E-state index in [0.29, 0.717) is 0 Å². The highest BCUT2D eigenvalue weighted by Gasteiger charge is 2.07. The predicted octanol–water partition coefficient (Wildman–Crippen LogP) is 0.286. The Balaban J connectivity index is 3.63. The van der Waals surface area contributed by atoms with Crippen LogP contribution in [-0.4, -0.2) is 31.0 Å². The SMILES string of the molecule is CCS(=O)(=O)CCCC(=O)O. The second kappa shape index (κ2) is 4.33. The number of sulfone groups is 1. The Morgan fingerprint density at radius 2 is 2.00 bits per heavy atom. The summed E-state index contributed by atoms with van der Waals surface area (Å²) in [6.07, 6.45) is 0.144. The van der Waals surface area contributed by atoms with E-state index in [2.05, 4.69) is 0 Å². The van der Waals surface area contributed by atoms with Gasteiger partial charge in [-0.15, -0.1) is 0 Å². The van der Waals surface area contributed by atoms with Crippen LogP contribution in [0.5, 0.6) is 0 Å². The van der Waals surface area contributed by atoms with Crippen LogP contribution in [0, 0.1) is 0 Å². The van der Waals surface area contributed by atoms with E-state index in [9.17, 15) is 13.2 Å². The molecule has 0 bridgehead atoms. The monoisotopic (exact) mass is 180 g/mol. The Kier molecular flexibility index (Phi) is 4.10. The van der Waals surface area contributed by atoms with Crippen molar-refractivity contribution in [2.45, 2.75) is 19.8 Å². The van der Waals surface area contributed by atoms with Gasteiger partial charge in [0.2, 0.25) is 0 Å². The van der Waals surface area contributed by atoms with Crippen LogP contribution in [-0.2, 0) is 14.6 Å². The van der Waals surface area contributed by atoms with Gasteiger partial charge in [-0.1, -0.05) is 6.92 Å². The zero-order chi connectivity index (χ0) is 8.91. The van der Waals surface area contributed by atoms with Crippen molar-refractivity contribution in [3.05, 3.63) is 0 Å². The van der Waals surface area contributed by atoms with Crippen LogP contribution in [0.3, 0.4) is 0 Å². The standard InChI is InChI=1S/C6H12O4S/c1-2-11(9,10)5-3-4-6(7)8/h2-5H2,1H3,(H,7,8). The Morgan fingerprint density at radius 1 is 1.45 bits per heavy atom. The lowest BCUT2D eigenvalue weighted by Crippen LogP contribution is -2.09. The van der Waals surface area contributed by atoms with E-state index in [1.54, 1.807) is 6.92 Å². The van der Waals surface area contributed by atoms with Gasteiger partial charge < -0.3 is 5.11 Å². The number of hydrogen-bond donors (Lipinski definition) is 1. The third-order valence-corrected chi connectivity index (χ3v) is 3.08. The van der Waals surface area contributed by atoms with Crippen molar-refractivity contribution in [2.75, 3.05) is 11.5 Å². The summed E-state index contributed by atoms with van der Waals surface area (Å²) in [4.78, 5) is 9.98. The summed E-state index contributed by atoms with van der Waals surface area (Å²) in [6.45, 7) is 1.55. The minimum Gasteiger partial charge on any atom is -0.481 e. The molecule has 0 spiro atoms. The van der Waals surface area contributed by atoms with Gasteiger partial charge in [0.25, 0.3) is 0 Å². The smallest absolute Gasteiger partial charge is 0.303 e. The van der Waals surface area contributed by atoms with Crippen LogP contribution in [0.25, 0.3) is 0 Å². The molecule has 0 saturated carbocycles. The molecule has 0 rings (SSSR count). The van der Waals surface area contributed by atoms with E-state index in [1.165, 1.54) is 0 Å². The average molecular weight is 180 g/mol. The second-order valence-electron chi connectivity index (χ2n) is 2.23. The fourth-order valence-electron chi connectivity index (χ4n) is 0.588. The van der Waals surface area contributed by atoms with E-state index in [4.69, 9.17) is 5.11 Å². The molecule has 0 aromatic heterocycles. The van der Waals surface area contributed by atoms with E-state index >= 15 is 0 Å². The topological polar surface area (TPSA) is 71.4 Å². The lowest BCUT2D eigenvalue weighted by Gasteiger charge is -1.97. The van der Waals surface area contributed by atoms with Crippen molar-refractivity contribution >= 4 is 15.8 Å². The Bertz CT molecular complexity index is 217. The molecule has 0 amide bonds. The molecule has 5 heteroatoms. The van der Waals surface area contributed by atoms with Gasteiger partial charge in [-0.05, 0) is 6.42 Å². The van der Waals surface area contributed by atoms with Gasteiger partial charge in [-0.25, -0.2) is 8.42 Å². The molecule has 66 valence electrons. The first kappa shape index (κ1) is 10.4. The largest absolute Gasteiger partial charge is 0.481 e. The molecule has 0 aliphatic heterocycles. The van der Waals surface area contributed by atoms with Gasteiger partial charge in [0.05, 0.1) is 5.75 Å². The minimum atomic E-state index is -2.98. The first-order chi connectivity index (χ1) is 4.98. The molecule has 0 heterocycles. The quantitative estimate of drug-likeness (QED) is 0.660. The molecule has 0 radical (unpaired) electrons. The number of hydrogen-bond acceptors (Lipinski definition) is 3. The summed E-state index contributed by atoms with van der Waals surface area (Å²) in [7, 11) is -2.98. The van der Waals surface area contributed by atoms with Crippen LogP contribution in [0.15, 0.2) is 0 Å². The second-order valence-corrected chi connectivity index (χ2v) is 4.71. The van der Waals surface area contributed by atoms with Gasteiger partial charge in [-0.2, -0.15) is 0 Å². The molecule has 0 fully saturated rings. The molecule has 0 aromatic rings. The predicted molar refractivity (Wildman–Crippen MR) is 41.2 cm³/mol. The third-order valence-electron chi connectivity index (χ3n) is 1.29. The summed E-state index contributed by atoms with van der Waals surface area (Å²) in [5.41, 5.74) is 0. The third kappa shape index (κ3) is 5.84. The molecule has 0 aliphatic carbocycles. The molecule has 0 saturated heterocycles. The van der Waals surface area contributed by atoms with Crippen molar-refractivity contribution in [3.63, 3.8) is 0 Å².